The number of thiophene rings is 1. The Morgan fingerprint density at radius 3 is 2.67 bits per heavy atom. The molecular formula is C12H15N3O4S2. The lowest BCUT2D eigenvalue weighted by atomic mass is 10.3. The second-order valence-electron chi connectivity index (χ2n) is 4.59. The molecule has 0 amide bonds. The molecule has 0 spiro atoms. The van der Waals surface area contributed by atoms with Crippen LogP contribution in [0, 0.1) is 13.8 Å². The fourth-order valence-electron chi connectivity index (χ4n) is 1.88. The van der Waals surface area contributed by atoms with Crippen molar-refractivity contribution >= 4 is 27.3 Å². The first-order valence-electron chi connectivity index (χ1n) is 6.02. The van der Waals surface area contributed by atoms with Gasteiger partial charge in [-0.15, -0.1) is 11.3 Å². The largest absolute Gasteiger partial charge is 0.477 e. The van der Waals surface area contributed by atoms with Crippen molar-refractivity contribution in [1.29, 1.82) is 0 Å². The molecule has 0 aliphatic rings. The molecule has 7 nitrogen and oxygen atoms in total. The number of aromatic nitrogens is 2. The van der Waals surface area contributed by atoms with Crippen LogP contribution in [0.4, 0.5) is 0 Å². The zero-order valence-electron chi connectivity index (χ0n) is 11.7. The molecule has 0 saturated carbocycles. The second-order valence-corrected chi connectivity index (χ2v) is 7.17. The number of aromatic carboxylic acids is 1. The van der Waals surface area contributed by atoms with Crippen LogP contribution in [0.2, 0.25) is 0 Å². The van der Waals surface area contributed by atoms with E-state index in [-0.39, 0.29) is 16.3 Å². The van der Waals surface area contributed by atoms with Crippen molar-refractivity contribution in [2.45, 2.75) is 25.3 Å². The number of hydrogen-bond acceptors (Lipinski definition) is 5. The van der Waals surface area contributed by atoms with Gasteiger partial charge in [0.15, 0.2) is 0 Å². The van der Waals surface area contributed by atoms with Crippen LogP contribution in [-0.2, 0) is 23.6 Å². The van der Waals surface area contributed by atoms with E-state index in [4.69, 9.17) is 5.11 Å². The van der Waals surface area contributed by atoms with Gasteiger partial charge in [0.25, 0.3) is 0 Å². The monoisotopic (exact) mass is 329 g/mol. The lowest BCUT2D eigenvalue weighted by Gasteiger charge is -2.07. The summed E-state index contributed by atoms with van der Waals surface area (Å²) in [6, 6.07) is 0. The normalized spacial score (nSPS) is 11.8. The minimum Gasteiger partial charge on any atom is -0.477 e. The Labute approximate surface area is 126 Å². The van der Waals surface area contributed by atoms with E-state index >= 15 is 0 Å². The minimum absolute atomic E-state index is 0.0658. The van der Waals surface area contributed by atoms with Gasteiger partial charge in [0.05, 0.1) is 6.20 Å². The maximum atomic E-state index is 12.3. The number of hydrogen-bond donors (Lipinski definition) is 2. The first-order valence-corrected chi connectivity index (χ1v) is 8.39. The van der Waals surface area contributed by atoms with Crippen molar-refractivity contribution in [3.05, 3.63) is 33.3 Å². The number of aryl methyl sites for hydroxylation is 2. The Bertz CT molecular complexity index is 790. The summed E-state index contributed by atoms with van der Waals surface area (Å²) in [7, 11) is -2.12. The molecule has 9 heteroatoms. The third-order valence-corrected chi connectivity index (χ3v) is 5.97. The van der Waals surface area contributed by atoms with Crippen LogP contribution in [0.3, 0.4) is 0 Å². The Balaban J connectivity index is 2.29. The number of nitrogens with one attached hydrogen (secondary N) is 1. The summed E-state index contributed by atoms with van der Waals surface area (Å²) >= 11 is 0.905. The van der Waals surface area contributed by atoms with E-state index in [0.717, 1.165) is 22.6 Å². The highest BCUT2D eigenvalue weighted by Gasteiger charge is 2.26. The highest BCUT2D eigenvalue weighted by atomic mass is 32.2. The van der Waals surface area contributed by atoms with Crippen molar-refractivity contribution in [3.8, 4) is 0 Å². The molecule has 2 heterocycles. The summed E-state index contributed by atoms with van der Waals surface area (Å²) in [4.78, 5) is 10.8. The molecule has 0 aliphatic carbocycles. The molecule has 114 valence electrons. The zero-order valence-corrected chi connectivity index (χ0v) is 13.4. The fourth-order valence-corrected chi connectivity index (χ4v) is 4.51. The van der Waals surface area contributed by atoms with Gasteiger partial charge in [0, 0.05) is 24.8 Å². The molecule has 2 N–H and O–H groups in total. The van der Waals surface area contributed by atoms with Gasteiger partial charge in [-0.25, -0.2) is 17.9 Å². The van der Waals surface area contributed by atoms with E-state index in [9.17, 15) is 13.2 Å². The summed E-state index contributed by atoms with van der Waals surface area (Å²) in [6.07, 6.45) is 1.58. The summed E-state index contributed by atoms with van der Waals surface area (Å²) in [6.45, 7) is 3.47. The van der Waals surface area contributed by atoms with E-state index < -0.39 is 16.0 Å². The molecule has 0 aliphatic heterocycles. The molecule has 2 rings (SSSR count). The molecule has 0 radical (unpaired) electrons. The third-order valence-electron chi connectivity index (χ3n) is 3.17. The van der Waals surface area contributed by atoms with Crippen LogP contribution in [0.25, 0.3) is 0 Å². The summed E-state index contributed by atoms with van der Waals surface area (Å²) in [5.41, 5.74) is 2.01. The van der Waals surface area contributed by atoms with Gasteiger partial charge in [0.2, 0.25) is 10.0 Å². The topological polar surface area (TPSA) is 101 Å². The van der Waals surface area contributed by atoms with Gasteiger partial charge in [0.1, 0.15) is 9.77 Å². The lowest BCUT2D eigenvalue weighted by molar-refractivity contribution is 0.0698. The van der Waals surface area contributed by atoms with Crippen LogP contribution < -0.4 is 4.72 Å². The first kappa shape index (κ1) is 15.7. The van der Waals surface area contributed by atoms with E-state index in [1.54, 1.807) is 24.9 Å². The van der Waals surface area contributed by atoms with E-state index in [0.29, 0.717) is 5.56 Å². The average molecular weight is 329 g/mol. The maximum absolute atomic E-state index is 12.3. The van der Waals surface area contributed by atoms with Crippen molar-refractivity contribution < 1.29 is 18.3 Å². The summed E-state index contributed by atoms with van der Waals surface area (Å²) < 4.78 is 28.7. The standard InChI is InChI=1S/C12H15N3O4S2/c1-7-6-20-10(12(16)17)11(7)21(18,19)14-5-9-4-13-15(3)8(9)2/h4,6,14H,5H2,1-3H3,(H,16,17). The predicted octanol–water partition coefficient (Wildman–Crippen LogP) is 1.28. The van der Waals surface area contributed by atoms with E-state index in [2.05, 4.69) is 9.82 Å². The molecular weight excluding hydrogens is 314 g/mol. The molecule has 0 saturated heterocycles. The van der Waals surface area contributed by atoms with Crippen LogP contribution in [0.15, 0.2) is 16.5 Å². The average Bonchev–Trinajstić information content (AvgIpc) is 2.93. The van der Waals surface area contributed by atoms with Crippen molar-refractivity contribution in [3.63, 3.8) is 0 Å². The van der Waals surface area contributed by atoms with Crippen LogP contribution in [0.5, 0.6) is 0 Å². The molecule has 0 bridgehead atoms. The van der Waals surface area contributed by atoms with Crippen LogP contribution in [0.1, 0.15) is 26.5 Å². The number of carboxylic acid groups (broad SMARTS) is 1. The lowest BCUT2D eigenvalue weighted by Crippen LogP contribution is -2.25. The Morgan fingerprint density at radius 1 is 1.48 bits per heavy atom. The third kappa shape index (κ3) is 2.99. The van der Waals surface area contributed by atoms with E-state index in [1.807, 2.05) is 6.92 Å². The van der Waals surface area contributed by atoms with Gasteiger partial charge in [-0.2, -0.15) is 5.10 Å². The smallest absolute Gasteiger partial charge is 0.347 e. The number of carbonyl (C=O) groups is 1. The minimum atomic E-state index is -3.89. The predicted molar refractivity (Wildman–Crippen MR) is 78.0 cm³/mol. The van der Waals surface area contributed by atoms with Gasteiger partial charge in [-0.3, -0.25) is 4.68 Å². The number of sulfonamides is 1. The van der Waals surface area contributed by atoms with Crippen molar-refractivity contribution in [2.75, 3.05) is 0 Å². The van der Waals surface area contributed by atoms with Crippen molar-refractivity contribution in [1.82, 2.24) is 14.5 Å². The fraction of sp³-hybridized carbons (Fsp3) is 0.333. The molecule has 0 unspecified atom stereocenters. The van der Waals surface area contributed by atoms with Gasteiger partial charge in [-0.1, -0.05) is 0 Å². The maximum Gasteiger partial charge on any atom is 0.347 e. The number of rotatable bonds is 5. The van der Waals surface area contributed by atoms with Crippen LogP contribution >= 0.6 is 11.3 Å². The second kappa shape index (κ2) is 5.58. The molecule has 2 aromatic heterocycles. The van der Waals surface area contributed by atoms with Crippen LogP contribution in [-0.4, -0.2) is 29.3 Å². The van der Waals surface area contributed by atoms with Gasteiger partial charge >= 0.3 is 5.97 Å². The Kier molecular flexibility index (Phi) is 4.17. The number of carboxylic acids is 1. The number of nitrogens with zero attached hydrogens (tertiary/aromatic N) is 2. The molecule has 0 aromatic carbocycles. The molecule has 0 atom stereocenters. The SMILES string of the molecule is Cc1csc(C(=O)O)c1S(=O)(=O)NCc1cnn(C)c1C. The first-order chi connectivity index (χ1) is 9.74. The Hall–Kier alpha value is -1.71. The summed E-state index contributed by atoms with van der Waals surface area (Å²) in [5, 5.41) is 14.6. The molecule has 2 aromatic rings. The zero-order chi connectivity index (χ0) is 15.8. The van der Waals surface area contributed by atoms with Crippen molar-refractivity contribution in [2.24, 2.45) is 7.05 Å². The van der Waals surface area contributed by atoms with Gasteiger partial charge in [-0.05, 0) is 24.8 Å². The van der Waals surface area contributed by atoms with Gasteiger partial charge < -0.3 is 5.11 Å². The highest BCUT2D eigenvalue weighted by Crippen LogP contribution is 2.26. The quantitative estimate of drug-likeness (QED) is 0.860. The summed E-state index contributed by atoms with van der Waals surface area (Å²) in [5.74, 6) is -1.24. The molecule has 0 fully saturated rings. The van der Waals surface area contributed by atoms with E-state index in [1.165, 1.54) is 5.38 Å². The molecule has 21 heavy (non-hydrogen) atoms. The Morgan fingerprint density at radius 2 is 2.14 bits per heavy atom. The highest BCUT2D eigenvalue weighted by molar-refractivity contribution is 7.89.